The van der Waals surface area contributed by atoms with Gasteiger partial charge in [-0.15, -0.1) is 11.3 Å². The summed E-state index contributed by atoms with van der Waals surface area (Å²) in [5.41, 5.74) is 3.34. The summed E-state index contributed by atoms with van der Waals surface area (Å²) in [6.07, 6.45) is 2.10. The second kappa shape index (κ2) is 6.41. The Morgan fingerprint density at radius 3 is 2.76 bits per heavy atom. The van der Waals surface area contributed by atoms with Gasteiger partial charge in [0.05, 0.1) is 16.3 Å². The van der Waals surface area contributed by atoms with Crippen LogP contribution in [-0.2, 0) is 0 Å². The molecule has 0 bridgehead atoms. The Hall–Kier alpha value is -1.95. The highest BCUT2D eigenvalue weighted by Gasteiger charge is 2.33. The van der Waals surface area contributed by atoms with Crippen LogP contribution in [0.25, 0.3) is 20.8 Å². The molecule has 2 atom stereocenters. The van der Waals surface area contributed by atoms with E-state index >= 15 is 0 Å². The summed E-state index contributed by atoms with van der Waals surface area (Å²) in [6, 6.07) is 14.6. The van der Waals surface area contributed by atoms with Gasteiger partial charge < -0.3 is 15.7 Å². The Morgan fingerprint density at radius 2 is 2.04 bits per heavy atom. The zero-order valence-corrected chi connectivity index (χ0v) is 15.4. The SMILES string of the molecule is Cc1ccc2sc(-c3ccc(N[C@@](C)(O)C4CCCN4)cc3)nc2c1. The van der Waals surface area contributed by atoms with Crippen molar-refractivity contribution in [2.45, 2.75) is 38.5 Å². The molecule has 1 saturated heterocycles. The molecule has 1 aromatic heterocycles. The van der Waals surface area contributed by atoms with E-state index in [1.54, 1.807) is 11.3 Å². The third-order valence-electron chi connectivity index (χ3n) is 4.81. The first-order chi connectivity index (χ1) is 12.0. The number of aromatic nitrogens is 1. The summed E-state index contributed by atoms with van der Waals surface area (Å²) in [5, 5.41) is 18.3. The van der Waals surface area contributed by atoms with Crippen LogP contribution in [0.2, 0.25) is 0 Å². The number of fused-ring (bicyclic) bond motifs is 1. The molecule has 0 amide bonds. The fourth-order valence-electron chi connectivity index (χ4n) is 3.40. The summed E-state index contributed by atoms with van der Waals surface area (Å²) in [7, 11) is 0. The molecule has 0 radical (unpaired) electrons. The van der Waals surface area contributed by atoms with Gasteiger partial charge >= 0.3 is 0 Å². The van der Waals surface area contributed by atoms with Gasteiger partial charge in [-0.2, -0.15) is 0 Å². The normalized spacial score (nSPS) is 19.9. The summed E-state index contributed by atoms with van der Waals surface area (Å²) in [4.78, 5) is 4.75. The molecule has 0 spiro atoms. The maximum absolute atomic E-state index is 10.7. The first kappa shape index (κ1) is 16.5. The number of benzene rings is 2. The zero-order valence-electron chi connectivity index (χ0n) is 14.5. The molecule has 3 aromatic rings. The molecule has 2 aromatic carbocycles. The maximum atomic E-state index is 10.7. The molecule has 3 N–H and O–H groups in total. The minimum atomic E-state index is -0.953. The highest BCUT2D eigenvalue weighted by Crippen LogP contribution is 2.31. The average Bonchev–Trinajstić information content (AvgIpc) is 3.24. The van der Waals surface area contributed by atoms with Crippen molar-refractivity contribution in [2.75, 3.05) is 11.9 Å². The van der Waals surface area contributed by atoms with Gasteiger partial charge in [-0.3, -0.25) is 0 Å². The third kappa shape index (κ3) is 3.40. The number of nitrogens with one attached hydrogen (secondary N) is 2. The van der Waals surface area contributed by atoms with Crippen LogP contribution in [0.5, 0.6) is 0 Å². The van der Waals surface area contributed by atoms with Gasteiger partial charge in [0.2, 0.25) is 0 Å². The Morgan fingerprint density at radius 1 is 1.24 bits per heavy atom. The van der Waals surface area contributed by atoms with Crippen molar-refractivity contribution in [1.82, 2.24) is 10.3 Å². The van der Waals surface area contributed by atoms with Crippen molar-refractivity contribution >= 4 is 27.2 Å². The molecule has 1 unspecified atom stereocenters. The highest BCUT2D eigenvalue weighted by molar-refractivity contribution is 7.21. The van der Waals surface area contributed by atoms with E-state index in [-0.39, 0.29) is 6.04 Å². The number of anilines is 1. The molecular weight excluding hydrogens is 330 g/mol. The lowest BCUT2D eigenvalue weighted by molar-refractivity contribution is 0.0542. The van der Waals surface area contributed by atoms with Crippen molar-refractivity contribution in [2.24, 2.45) is 0 Å². The summed E-state index contributed by atoms with van der Waals surface area (Å²) in [5.74, 6) is 0. The monoisotopic (exact) mass is 353 g/mol. The lowest BCUT2D eigenvalue weighted by Gasteiger charge is -2.32. The van der Waals surface area contributed by atoms with E-state index in [0.29, 0.717) is 0 Å². The second-order valence-corrected chi connectivity index (χ2v) is 8.02. The van der Waals surface area contributed by atoms with E-state index in [2.05, 4.69) is 47.9 Å². The summed E-state index contributed by atoms with van der Waals surface area (Å²) >= 11 is 1.71. The van der Waals surface area contributed by atoms with Crippen molar-refractivity contribution in [3.63, 3.8) is 0 Å². The van der Waals surface area contributed by atoms with Crippen LogP contribution in [0.3, 0.4) is 0 Å². The molecule has 130 valence electrons. The fraction of sp³-hybridized carbons (Fsp3) is 0.350. The van der Waals surface area contributed by atoms with Crippen molar-refractivity contribution in [3.05, 3.63) is 48.0 Å². The third-order valence-corrected chi connectivity index (χ3v) is 5.90. The molecular formula is C20H23N3OS. The number of rotatable bonds is 4. The van der Waals surface area contributed by atoms with Gasteiger partial charge in [0, 0.05) is 11.3 Å². The van der Waals surface area contributed by atoms with Crippen molar-refractivity contribution < 1.29 is 5.11 Å². The van der Waals surface area contributed by atoms with E-state index < -0.39 is 5.72 Å². The fourth-order valence-corrected chi connectivity index (χ4v) is 4.35. The Kier molecular flexibility index (Phi) is 4.23. The van der Waals surface area contributed by atoms with E-state index in [9.17, 15) is 5.11 Å². The average molecular weight is 353 g/mol. The van der Waals surface area contributed by atoms with Gasteiger partial charge in [-0.25, -0.2) is 4.98 Å². The van der Waals surface area contributed by atoms with Crippen LogP contribution in [0, 0.1) is 6.92 Å². The molecule has 4 nitrogen and oxygen atoms in total. The zero-order chi connectivity index (χ0) is 17.4. The van der Waals surface area contributed by atoms with Gasteiger partial charge in [-0.05, 0) is 75.2 Å². The van der Waals surface area contributed by atoms with Gasteiger partial charge in [0.1, 0.15) is 10.7 Å². The van der Waals surface area contributed by atoms with Crippen molar-refractivity contribution in [3.8, 4) is 10.6 Å². The van der Waals surface area contributed by atoms with Crippen LogP contribution >= 0.6 is 11.3 Å². The topological polar surface area (TPSA) is 57.2 Å². The maximum Gasteiger partial charge on any atom is 0.148 e. The molecule has 0 aliphatic carbocycles. The molecule has 1 aliphatic rings. The van der Waals surface area contributed by atoms with E-state index in [0.717, 1.165) is 41.2 Å². The van der Waals surface area contributed by atoms with Crippen LogP contribution in [-0.4, -0.2) is 28.4 Å². The van der Waals surface area contributed by atoms with E-state index in [1.165, 1.54) is 10.3 Å². The molecule has 1 aliphatic heterocycles. The Labute approximate surface area is 151 Å². The van der Waals surface area contributed by atoms with Gasteiger partial charge in [0.25, 0.3) is 0 Å². The first-order valence-corrected chi connectivity index (χ1v) is 9.54. The number of hydrogen-bond donors (Lipinski definition) is 3. The lowest BCUT2D eigenvalue weighted by atomic mass is 10.0. The molecule has 0 saturated carbocycles. The molecule has 1 fully saturated rings. The molecule has 5 heteroatoms. The number of thiazole rings is 1. The minimum absolute atomic E-state index is 0.0830. The highest BCUT2D eigenvalue weighted by atomic mass is 32.1. The number of aryl methyl sites for hydroxylation is 1. The van der Waals surface area contributed by atoms with Gasteiger partial charge in [0.15, 0.2) is 0 Å². The predicted molar refractivity (Wildman–Crippen MR) is 105 cm³/mol. The van der Waals surface area contributed by atoms with Crippen LogP contribution in [0.1, 0.15) is 25.3 Å². The van der Waals surface area contributed by atoms with Gasteiger partial charge in [-0.1, -0.05) is 6.07 Å². The smallest absolute Gasteiger partial charge is 0.148 e. The second-order valence-electron chi connectivity index (χ2n) is 6.99. The van der Waals surface area contributed by atoms with Crippen LogP contribution in [0.4, 0.5) is 5.69 Å². The number of hydrogen-bond acceptors (Lipinski definition) is 5. The quantitative estimate of drug-likeness (QED) is 0.617. The largest absolute Gasteiger partial charge is 0.370 e. The minimum Gasteiger partial charge on any atom is -0.370 e. The molecule has 25 heavy (non-hydrogen) atoms. The molecule has 4 rings (SSSR count). The lowest BCUT2D eigenvalue weighted by Crippen LogP contribution is -2.51. The number of aliphatic hydroxyl groups is 1. The summed E-state index contributed by atoms with van der Waals surface area (Å²) in [6.45, 7) is 4.89. The standard InChI is InChI=1S/C20H23N3OS/c1-13-5-10-17-16(12-13)22-19(25-17)14-6-8-15(9-7-14)23-20(2,24)18-4-3-11-21-18/h5-10,12,18,21,23-24H,3-4,11H2,1-2H3/t18?,20-/m0/s1. The predicted octanol–water partition coefficient (Wildman–Crippen LogP) is 4.14. The van der Waals surface area contributed by atoms with E-state index in [4.69, 9.17) is 4.98 Å². The Bertz CT molecular complexity index is 880. The van der Waals surface area contributed by atoms with Crippen molar-refractivity contribution in [1.29, 1.82) is 0 Å². The molecule has 2 heterocycles. The van der Waals surface area contributed by atoms with E-state index in [1.807, 2.05) is 19.1 Å². The first-order valence-electron chi connectivity index (χ1n) is 8.73. The summed E-state index contributed by atoms with van der Waals surface area (Å²) < 4.78 is 1.21. The van der Waals surface area contributed by atoms with Crippen LogP contribution in [0.15, 0.2) is 42.5 Å². The Balaban J connectivity index is 1.54. The number of nitrogens with zero attached hydrogens (tertiary/aromatic N) is 1. The van der Waals surface area contributed by atoms with Crippen LogP contribution < -0.4 is 10.6 Å².